The van der Waals surface area contributed by atoms with Crippen LogP contribution in [0.5, 0.6) is 0 Å². The maximum atomic E-state index is 2.37. The molecule has 0 N–H and O–H groups in total. The van der Waals surface area contributed by atoms with Gasteiger partial charge in [0.15, 0.2) is 6.20 Å². The van der Waals surface area contributed by atoms with Crippen LogP contribution in [0.1, 0.15) is 33.4 Å². The molecule has 2 aromatic heterocycles. The molecule has 2 nitrogen and oxygen atoms in total. The molecule has 0 atom stereocenters. The third-order valence-corrected chi connectivity index (χ3v) is 5.47. The van der Waals surface area contributed by atoms with Crippen molar-refractivity contribution in [2.45, 2.75) is 41.5 Å². The number of rotatable bonds is 2. The summed E-state index contributed by atoms with van der Waals surface area (Å²) in [7, 11) is 4.32. The fourth-order valence-corrected chi connectivity index (χ4v) is 4.08. The first kappa shape index (κ1) is 18.3. The van der Waals surface area contributed by atoms with Gasteiger partial charge in [-0.15, -0.1) is 0 Å². The van der Waals surface area contributed by atoms with Gasteiger partial charge in [-0.3, -0.25) is 0 Å². The lowest BCUT2D eigenvalue weighted by molar-refractivity contribution is -0.685. The van der Waals surface area contributed by atoms with Crippen molar-refractivity contribution in [2.75, 3.05) is 0 Å². The minimum Gasteiger partial charge on any atom is -0.196 e. The second-order valence-corrected chi connectivity index (χ2v) is 7.72. The molecule has 26 heavy (non-hydrogen) atoms. The topological polar surface area (TPSA) is 7.76 Å². The van der Waals surface area contributed by atoms with Crippen molar-refractivity contribution in [3.05, 3.63) is 69.9 Å². The molecule has 0 amide bonds. The van der Waals surface area contributed by atoms with E-state index in [1.54, 1.807) is 0 Å². The van der Waals surface area contributed by atoms with Crippen LogP contribution in [0.4, 0.5) is 0 Å². The van der Waals surface area contributed by atoms with Crippen LogP contribution in [-0.2, 0) is 14.1 Å². The Morgan fingerprint density at radius 1 is 0.615 bits per heavy atom. The predicted molar refractivity (Wildman–Crippen MR) is 108 cm³/mol. The summed E-state index contributed by atoms with van der Waals surface area (Å²) in [5.41, 5.74) is 13.0. The molecule has 0 fully saturated rings. The van der Waals surface area contributed by atoms with E-state index in [1.165, 1.54) is 56.0 Å². The Morgan fingerprint density at radius 3 is 1.85 bits per heavy atom. The molecule has 1 aromatic carbocycles. The summed E-state index contributed by atoms with van der Waals surface area (Å²) in [6.07, 6.45) is 2.19. The van der Waals surface area contributed by atoms with Crippen molar-refractivity contribution in [2.24, 2.45) is 14.1 Å². The normalized spacial score (nSPS) is 11.1. The van der Waals surface area contributed by atoms with Gasteiger partial charge in [-0.1, -0.05) is 6.07 Å². The van der Waals surface area contributed by atoms with Crippen LogP contribution < -0.4 is 9.13 Å². The van der Waals surface area contributed by atoms with E-state index in [2.05, 4.69) is 101 Å². The van der Waals surface area contributed by atoms with Gasteiger partial charge in [-0.2, -0.15) is 9.13 Å². The van der Waals surface area contributed by atoms with Gasteiger partial charge < -0.3 is 0 Å². The van der Waals surface area contributed by atoms with Gasteiger partial charge in [-0.25, -0.2) is 0 Å². The summed E-state index contributed by atoms with van der Waals surface area (Å²) in [6, 6.07) is 11.4. The van der Waals surface area contributed by atoms with E-state index in [9.17, 15) is 0 Å². The van der Waals surface area contributed by atoms with E-state index in [0.717, 1.165) is 0 Å². The van der Waals surface area contributed by atoms with Crippen molar-refractivity contribution in [1.82, 2.24) is 0 Å². The number of hydrogen-bond acceptors (Lipinski definition) is 0. The van der Waals surface area contributed by atoms with Gasteiger partial charge in [0.05, 0.1) is 0 Å². The maximum absolute atomic E-state index is 2.37. The molecule has 2 heterocycles. The minimum absolute atomic E-state index is 1.23. The summed E-state index contributed by atoms with van der Waals surface area (Å²) in [5, 5.41) is 0. The summed E-state index contributed by atoms with van der Waals surface area (Å²) < 4.78 is 4.59. The average molecular weight is 347 g/mol. The highest BCUT2D eigenvalue weighted by Crippen LogP contribution is 2.29. The summed E-state index contributed by atoms with van der Waals surface area (Å²) >= 11 is 0. The lowest BCUT2D eigenvalue weighted by Crippen LogP contribution is -2.41. The molecule has 0 spiro atoms. The number of nitrogens with zero attached hydrogens (tertiary/aromatic N) is 2. The Kier molecular flexibility index (Phi) is 4.70. The highest BCUT2D eigenvalue weighted by Gasteiger charge is 2.28. The molecule has 0 saturated heterocycles. The van der Waals surface area contributed by atoms with E-state index >= 15 is 0 Å². The molecule has 0 bridgehead atoms. The lowest BCUT2D eigenvalue weighted by atomic mass is 9.94. The summed E-state index contributed by atoms with van der Waals surface area (Å²) in [6.45, 7) is 13.2. The quantitative estimate of drug-likeness (QED) is 0.603. The zero-order chi connectivity index (χ0) is 19.2. The van der Waals surface area contributed by atoms with Crippen LogP contribution in [0, 0.1) is 41.5 Å². The Balaban J connectivity index is 2.34. The number of pyridine rings is 2. The zero-order valence-corrected chi connectivity index (χ0v) is 17.4. The van der Waals surface area contributed by atoms with Crippen LogP contribution in [0.2, 0.25) is 0 Å². The van der Waals surface area contributed by atoms with Gasteiger partial charge in [0.2, 0.25) is 5.69 Å². The predicted octanol–water partition coefficient (Wildman–Crippen LogP) is 4.52. The SMILES string of the molecule is Cc1ccc(-c2c(C)cc(C)c(-c3cc(C)c(C)cc3C)[n+]2C)[n+](C)c1. The minimum atomic E-state index is 1.23. The number of aromatic nitrogens is 2. The number of aryl methyl sites for hydroxylation is 7. The first-order chi connectivity index (χ1) is 12.2. The lowest BCUT2D eigenvalue weighted by Gasteiger charge is -2.13. The monoisotopic (exact) mass is 346 g/mol. The van der Waals surface area contributed by atoms with Gasteiger partial charge in [-0.05, 0) is 76.4 Å². The van der Waals surface area contributed by atoms with Crippen LogP contribution in [0.3, 0.4) is 0 Å². The molecule has 0 radical (unpaired) electrons. The Labute approximate surface area is 157 Å². The van der Waals surface area contributed by atoms with Crippen LogP contribution in [0.15, 0.2) is 36.5 Å². The molecule has 0 aliphatic heterocycles. The van der Waals surface area contributed by atoms with Crippen molar-refractivity contribution < 1.29 is 9.13 Å². The largest absolute Gasteiger partial charge is 0.280 e. The molecule has 2 heteroatoms. The standard InChI is InChI=1S/C24H30N2/c1-15-9-10-22(25(7)14-15)24-20(6)12-19(5)23(26(24)8)21-13-17(3)16(2)11-18(21)4/h9-14H,1-8H3/q+2. The summed E-state index contributed by atoms with van der Waals surface area (Å²) in [5.74, 6) is 0. The van der Waals surface area contributed by atoms with E-state index in [-0.39, 0.29) is 0 Å². The number of hydrogen-bond donors (Lipinski definition) is 0. The highest BCUT2D eigenvalue weighted by molar-refractivity contribution is 5.68. The third-order valence-electron chi connectivity index (χ3n) is 5.47. The van der Waals surface area contributed by atoms with Crippen molar-refractivity contribution in [3.63, 3.8) is 0 Å². The molecule has 134 valence electrons. The van der Waals surface area contributed by atoms with Crippen molar-refractivity contribution >= 4 is 0 Å². The second kappa shape index (κ2) is 6.68. The van der Waals surface area contributed by atoms with Gasteiger partial charge in [0.1, 0.15) is 14.1 Å². The molecular weight excluding hydrogens is 316 g/mol. The molecule has 0 aliphatic rings. The Bertz CT molecular complexity index is 1010. The molecular formula is C24H30N2+2. The average Bonchev–Trinajstić information content (AvgIpc) is 2.53. The second-order valence-electron chi connectivity index (χ2n) is 7.72. The van der Waals surface area contributed by atoms with Crippen LogP contribution in [0.25, 0.3) is 22.6 Å². The first-order valence-electron chi connectivity index (χ1n) is 9.25. The van der Waals surface area contributed by atoms with Gasteiger partial charge >= 0.3 is 0 Å². The Hall–Kier alpha value is -2.48. The van der Waals surface area contributed by atoms with E-state index < -0.39 is 0 Å². The van der Waals surface area contributed by atoms with Crippen molar-refractivity contribution in [1.29, 1.82) is 0 Å². The fraction of sp³-hybridized carbons (Fsp3) is 0.333. The fourth-order valence-electron chi connectivity index (χ4n) is 4.08. The molecule has 0 unspecified atom stereocenters. The molecule has 0 aliphatic carbocycles. The number of benzene rings is 1. The van der Waals surface area contributed by atoms with E-state index in [0.29, 0.717) is 0 Å². The van der Waals surface area contributed by atoms with Gasteiger partial charge in [0.25, 0.3) is 11.4 Å². The zero-order valence-electron chi connectivity index (χ0n) is 17.4. The van der Waals surface area contributed by atoms with Crippen molar-refractivity contribution in [3.8, 4) is 22.6 Å². The smallest absolute Gasteiger partial charge is 0.196 e. The third kappa shape index (κ3) is 3.05. The summed E-state index contributed by atoms with van der Waals surface area (Å²) in [4.78, 5) is 0. The Morgan fingerprint density at radius 2 is 1.19 bits per heavy atom. The van der Waals surface area contributed by atoms with Gasteiger partial charge in [0, 0.05) is 28.3 Å². The maximum Gasteiger partial charge on any atom is 0.280 e. The highest BCUT2D eigenvalue weighted by atomic mass is 15.0. The van der Waals surface area contributed by atoms with E-state index in [4.69, 9.17) is 0 Å². The molecule has 3 rings (SSSR count). The van der Waals surface area contributed by atoms with Crippen LogP contribution in [-0.4, -0.2) is 0 Å². The first-order valence-corrected chi connectivity index (χ1v) is 9.25. The van der Waals surface area contributed by atoms with Crippen LogP contribution >= 0.6 is 0 Å². The molecule has 3 aromatic rings. The van der Waals surface area contributed by atoms with E-state index in [1.807, 2.05) is 0 Å². The molecule has 0 saturated carbocycles.